The predicted octanol–water partition coefficient (Wildman–Crippen LogP) is 4.10. The van der Waals surface area contributed by atoms with Gasteiger partial charge in [-0.3, -0.25) is 9.59 Å². The third-order valence-corrected chi connectivity index (χ3v) is 5.52. The molecule has 2 aromatic carbocycles. The molecule has 2 aromatic rings. The number of amides is 2. The van der Waals surface area contributed by atoms with Crippen LogP contribution >= 0.6 is 11.6 Å². The van der Waals surface area contributed by atoms with Crippen LogP contribution in [0.1, 0.15) is 35.7 Å². The van der Waals surface area contributed by atoms with Gasteiger partial charge in [-0.1, -0.05) is 17.7 Å². The van der Waals surface area contributed by atoms with Gasteiger partial charge in [-0.2, -0.15) is 0 Å². The SMILES string of the molecule is CCN1CCc2ccc(NC(=O)c3ccc(Cl)cc3N3CCCC3=O)cc21. The van der Waals surface area contributed by atoms with E-state index in [2.05, 4.69) is 23.2 Å². The monoisotopic (exact) mass is 383 g/mol. The highest BCUT2D eigenvalue weighted by atomic mass is 35.5. The lowest BCUT2D eigenvalue weighted by molar-refractivity contribution is -0.117. The number of nitrogens with zero attached hydrogens (tertiary/aromatic N) is 2. The van der Waals surface area contributed by atoms with E-state index in [9.17, 15) is 9.59 Å². The average molecular weight is 384 g/mol. The van der Waals surface area contributed by atoms with Gasteiger partial charge in [0.25, 0.3) is 5.91 Å². The number of halogens is 1. The highest BCUT2D eigenvalue weighted by Gasteiger charge is 2.26. The Hall–Kier alpha value is -2.53. The Kier molecular flexibility index (Phi) is 4.79. The van der Waals surface area contributed by atoms with Crippen molar-refractivity contribution in [2.24, 2.45) is 0 Å². The fourth-order valence-corrected chi connectivity index (χ4v) is 4.04. The molecule has 0 aromatic heterocycles. The maximum Gasteiger partial charge on any atom is 0.257 e. The van der Waals surface area contributed by atoms with E-state index >= 15 is 0 Å². The standard InChI is InChI=1S/C21H22ClN3O2/c1-2-24-11-9-14-5-7-16(13-18(14)24)23-21(27)17-8-6-15(22)12-19(17)25-10-3-4-20(25)26/h5-8,12-13H,2-4,9-11H2,1H3,(H,23,27). The number of anilines is 3. The van der Waals surface area contributed by atoms with Crippen molar-refractivity contribution in [1.82, 2.24) is 0 Å². The normalized spacial score (nSPS) is 16.0. The molecular weight excluding hydrogens is 362 g/mol. The number of rotatable bonds is 4. The number of likely N-dealkylation sites (N-methyl/N-ethyl adjacent to an activating group) is 1. The number of fused-ring (bicyclic) bond motifs is 1. The molecule has 0 unspecified atom stereocenters. The average Bonchev–Trinajstić information content (AvgIpc) is 3.26. The summed E-state index contributed by atoms with van der Waals surface area (Å²) in [7, 11) is 0. The van der Waals surface area contributed by atoms with Crippen molar-refractivity contribution in [3.05, 3.63) is 52.5 Å². The fourth-order valence-electron chi connectivity index (χ4n) is 3.87. The van der Waals surface area contributed by atoms with Crippen molar-refractivity contribution >= 4 is 40.5 Å². The quantitative estimate of drug-likeness (QED) is 0.864. The zero-order valence-corrected chi connectivity index (χ0v) is 16.1. The highest BCUT2D eigenvalue weighted by Crippen LogP contribution is 2.32. The van der Waals surface area contributed by atoms with Gasteiger partial charge in [-0.15, -0.1) is 0 Å². The van der Waals surface area contributed by atoms with E-state index in [0.29, 0.717) is 29.2 Å². The van der Waals surface area contributed by atoms with E-state index in [-0.39, 0.29) is 11.8 Å². The zero-order chi connectivity index (χ0) is 19.0. The molecule has 5 nitrogen and oxygen atoms in total. The van der Waals surface area contributed by atoms with E-state index in [0.717, 1.165) is 31.6 Å². The first kappa shape index (κ1) is 17.9. The van der Waals surface area contributed by atoms with Crippen LogP contribution in [0, 0.1) is 0 Å². The molecule has 2 amide bonds. The van der Waals surface area contributed by atoms with Gasteiger partial charge in [0.2, 0.25) is 5.91 Å². The Morgan fingerprint density at radius 3 is 2.70 bits per heavy atom. The Morgan fingerprint density at radius 2 is 1.96 bits per heavy atom. The number of hydrogen-bond acceptors (Lipinski definition) is 3. The highest BCUT2D eigenvalue weighted by molar-refractivity contribution is 6.31. The molecule has 0 aliphatic carbocycles. The third kappa shape index (κ3) is 3.39. The van der Waals surface area contributed by atoms with Crippen LogP contribution in [-0.4, -0.2) is 31.4 Å². The van der Waals surface area contributed by atoms with Gasteiger partial charge in [0.15, 0.2) is 0 Å². The Labute approximate surface area is 163 Å². The van der Waals surface area contributed by atoms with E-state index in [1.54, 1.807) is 23.1 Å². The molecule has 2 aliphatic heterocycles. The second-order valence-electron chi connectivity index (χ2n) is 6.94. The summed E-state index contributed by atoms with van der Waals surface area (Å²) in [4.78, 5) is 29.1. The lowest BCUT2D eigenvalue weighted by Gasteiger charge is -2.20. The van der Waals surface area contributed by atoms with Gasteiger partial charge in [-0.25, -0.2) is 0 Å². The minimum atomic E-state index is -0.234. The summed E-state index contributed by atoms with van der Waals surface area (Å²) < 4.78 is 0. The van der Waals surface area contributed by atoms with Gasteiger partial charge in [0.05, 0.1) is 11.3 Å². The molecule has 2 aliphatic rings. The minimum Gasteiger partial charge on any atom is -0.371 e. The van der Waals surface area contributed by atoms with Crippen molar-refractivity contribution in [3.8, 4) is 0 Å². The zero-order valence-electron chi connectivity index (χ0n) is 15.3. The summed E-state index contributed by atoms with van der Waals surface area (Å²) in [6, 6.07) is 11.1. The molecule has 1 saturated heterocycles. The number of carbonyl (C=O) groups is 2. The molecule has 27 heavy (non-hydrogen) atoms. The number of carbonyl (C=O) groups excluding carboxylic acids is 2. The number of hydrogen-bond donors (Lipinski definition) is 1. The Bertz CT molecular complexity index is 912. The van der Waals surface area contributed by atoms with Crippen LogP contribution in [0.5, 0.6) is 0 Å². The smallest absolute Gasteiger partial charge is 0.257 e. The first-order valence-electron chi connectivity index (χ1n) is 9.36. The van der Waals surface area contributed by atoms with Crippen molar-refractivity contribution in [3.63, 3.8) is 0 Å². The largest absolute Gasteiger partial charge is 0.371 e. The molecule has 140 valence electrons. The summed E-state index contributed by atoms with van der Waals surface area (Å²) >= 11 is 6.13. The van der Waals surface area contributed by atoms with Gasteiger partial charge in [-0.05, 0) is 55.7 Å². The van der Waals surface area contributed by atoms with Crippen molar-refractivity contribution in [2.45, 2.75) is 26.2 Å². The van der Waals surface area contributed by atoms with E-state index in [1.165, 1.54) is 11.3 Å². The Morgan fingerprint density at radius 1 is 1.11 bits per heavy atom. The van der Waals surface area contributed by atoms with Crippen LogP contribution in [0.25, 0.3) is 0 Å². The van der Waals surface area contributed by atoms with Crippen molar-refractivity contribution in [2.75, 3.05) is 34.8 Å². The van der Waals surface area contributed by atoms with E-state index < -0.39 is 0 Å². The van der Waals surface area contributed by atoms with Crippen LogP contribution in [-0.2, 0) is 11.2 Å². The molecule has 0 saturated carbocycles. The van der Waals surface area contributed by atoms with Gasteiger partial charge in [0.1, 0.15) is 0 Å². The molecule has 0 radical (unpaired) electrons. The van der Waals surface area contributed by atoms with Gasteiger partial charge in [0, 0.05) is 42.5 Å². The molecule has 0 spiro atoms. The van der Waals surface area contributed by atoms with Crippen molar-refractivity contribution < 1.29 is 9.59 Å². The maximum absolute atomic E-state index is 13.0. The minimum absolute atomic E-state index is 0.0300. The fraction of sp³-hybridized carbons (Fsp3) is 0.333. The molecular formula is C21H22ClN3O2. The molecule has 4 rings (SSSR count). The molecule has 6 heteroatoms. The second kappa shape index (κ2) is 7.24. The van der Waals surface area contributed by atoms with Crippen LogP contribution in [0.15, 0.2) is 36.4 Å². The third-order valence-electron chi connectivity index (χ3n) is 5.29. The second-order valence-corrected chi connectivity index (χ2v) is 7.37. The summed E-state index contributed by atoms with van der Waals surface area (Å²) in [5.41, 5.74) is 4.29. The van der Waals surface area contributed by atoms with Gasteiger partial charge < -0.3 is 15.1 Å². The van der Waals surface area contributed by atoms with Crippen LogP contribution in [0.3, 0.4) is 0 Å². The van der Waals surface area contributed by atoms with Crippen LogP contribution < -0.4 is 15.1 Å². The summed E-state index contributed by atoms with van der Waals surface area (Å²) in [6.45, 7) is 4.71. The maximum atomic E-state index is 13.0. The predicted molar refractivity (Wildman–Crippen MR) is 109 cm³/mol. The number of nitrogens with one attached hydrogen (secondary N) is 1. The lowest BCUT2D eigenvalue weighted by atomic mass is 10.1. The number of benzene rings is 2. The topological polar surface area (TPSA) is 52.7 Å². The Balaban J connectivity index is 1.62. The van der Waals surface area contributed by atoms with Crippen LogP contribution in [0.2, 0.25) is 5.02 Å². The molecule has 1 fully saturated rings. The molecule has 0 bridgehead atoms. The van der Waals surface area contributed by atoms with E-state index in [1.807, 2.05) is 12.1 Å². The summed E-state index contributed by atoms with van der Waals surface area (Å²) in [6.07, 6.45) is 2.34. The van der Waals surface area contributed by atoms with E-state index in [4.69, 9.17) is 11.6 Å². The summed E-state index contributed by atoms with van der Waals surface area (Å²) in [5.74, 6) is -0.204. The first-order valence-corrected chi connectivity index (χ1v) is 9.73. The lowest BCUT2D eigenvalue weighted by Crippen LogP contribution is -2.27. The summed E-state index contributed by atoms with van der Waals surface area (Å²) in [5, 5.41) is 3.50. The van der Waals surface area contributed by atoms with Gasteiger partial charge >= 0.3 is 0 Å². The van der Waals surface area contributed by atoms with Crippen molar-refractivity contribution in [1.29, 1.82) is 0 Å². The first-order chi connectivity index (χ1) is 13.1. The molecule has 1 N–H and O–H groups in total. The molecule has 2 heterocycles. The molecule has 0 atom stereocenters. The van der Waals surface area contributed by atoms with Crippen LogP contribution in [0.4, 0.5) is 17.1 Å².